The van der Waals surface area contributed by atoms with E-state index in [1.807, 2.05) is 12.1 Å². The van der Waals surface area contributed by atoms with Gasteiger partial charge >= 0.3 is 0 Å². The Hall–Kier alpha value is -1.44. The van der Waals surface area contributed by atoms with Crippen LogP contribution in [-0.4, -0.2) is 14.2 Å². The summed E-state index contributed by atoms with van der Waals surface area (Å²) in [6.45, 7) is 0. The monoisotopic (exact) mass is 190 g/mol. The smallest absolute Gasteiger partial charge is 0.126 e. The van der Waals surface area contributed by atoms with Gasteiger partial charge in [-0.3, -0.25) is 0 Å². The molecule has 0 N–H and O–H groups in total. The lowest BCUT2D eigenvalue weighted by molar-refractivity contribution is 0.347. The minimum atomic E-state index is 0.928. The van der Waals surface area contributed by atoms with Gasteiger partial charge in [0.25, 0.3) is 0 Å². The van der Waals surface area contributed by atoms with E-state index in [4.69, 9.17) is 9.47 Å². The van der Waals surface area contributed by atoms with Gasteiger partial charge in [0.1, 0.15) is 11.5 Å². The van der Waals surface area contributed by atoms with E-state index in [1.54, 1.807) is 14.2 Å². The molecule has 0 radical (unpaired) electrons. The zero-order valence-electron chi connectivity index (χ0n) is 8.54. The van der Waals surface area contributed by atoms with Crippen LogP contribution in [0, 0.1) is 0 Å². The van der Waals surface area contributed by atoms with Gasteiger partial charge in [0.05, 0.1) is 14.2 Å². The SMILES string of the molecule is COC1=c2cccc(OC)c2=CCC1. The zero-order chi connectivity index (χ0) is 9.97. The highest BCUT2D eigenvalue weighted by Crippen LogP contribution is 2.10. The normalized spacial score (nSPS) is 14.3. The van der Waals surface area contributed by atoms with Crippen LogP contribution in [0.25, 0.3) is 11.8 Å². The van der Waals surface area contributed by atoms with Gasteiger partial charge < -0.3 is 9.47 Å². The van der Waals surface area contributed by atoms with Crippen molar-refractivity contribution in [2.24, 2.45) is 0 Å². The van der Waals surface area contributed by atoms with Crippen molar-refractivity contribution in [1.82, 2.24) is 0 Å². The van der Waals surface area contributed by atoms with Crippen molar-refractivity contribution < 1.29 is 9.47 Å². The Balaban J connectivity index is 2.78. The fourth-order valence-corrected chi connectivity index (χ4v) is 1.87. The molecule has 1 aromatic rings. The predicted octanol–water partition coefficient (Wildman–Crippen LogP) is 1.02. The first-order chi connectivity index (χ1) is 6.86. The number of benzene rings is 1. The Morgan fingerprint density at radius 2 is 2.00 bits per heavy atom. The van der Waals surface area contributed by atoms with Crippen LogP contribution in [-0.2, 0) is 4.74 Å². The molecule has 1 aromatic carbocycles. The molecule has 0 aromatic heterocycles. The van der Waals surface area contributed by atoms with Gasteiger partial charge in [0, 0.05) is 16.9 Å². The number of ether oxygens (including phenoxy) is 2. The van der Waals surface area contributed by atoms with Crippen LogP contribution >= 0.6 is 0 Å². The van der Waals surface area contributed by atoms with Crippen molar-refractivity contribution in [1.29, 1.82) is 0 Å². The second-order valence-electron chi connectivity index (χ2n) is 3.29. The molecule has 2 heteroatoms. The minimum Gasteiger partial charge on any atom is -0.500 e. The molecule has 0 saturated carbocycles. The van der Waals surface area contributed by atoms with Gasteiger partial charge in [-0.15, -0.1) is 0 Å². The molecule has 0 spiro atoms. The molecule has 0 atom stereocenters. The average molecular weight is 190 g/mol. The summed E-state index contributed by atoms with van der Waals surface area (Å²) in [5, 5.41) is 2.33. The standard InChI is InChI=1S/C12H14O2/c1-13-11-7-3-6-10-9(11)5-4-8-12(10)14-2/h3,5-7H,4,8H2,1-2H3. The number of fused-ring (bicyclic) bond motifs is 1. The van der Waals surface area contributed by atoms with Crippen molar-refractivity contribution in [3.8, 4) is 5.75 Å². The molecular weight excluding hydrogens is 176 g/mol. The molecule has 74 valence electrons. The number of methoxy groups -OCH3 is 2. The van der Waals surface area contributed by atoms with Gasteiger partial charge in [-0.05, 0) is 12.5 Å². The molecule has 0 unspecified atom stereocenters. The van der Waals surface area contributed by atoms with Gasteiger partial charge in [-0.25, -0.2) is 0 Å². The second-order valence-corrected chi connectivity index (χ2v) is 3.29. The van der Waals surface area contributed by atoms with Crippen LogP contribution in [0.5, 0.6) is 5.75 Å². The van der Waals surface area contributed by atoms with E-state index < -0.39 is 0 Å². The number of rotatable bonds is 2. The van der Waals surface area contributed by atoms with Crippen LogP contribution in [0.2, 0.25) is 0 Å². The van der Waals surface area contributed by atoms with Crippen molar-refractivity contribution in [3.63, 3.8) is 0 Å². The van der Waals surface area contributed by atoms with E-state index in [1.165, 1.54) is 0 Å². The van der Waals surface area contributed by atoms with Crippen molar-refractivity contribution >= 4 is 11.8 Å². The third-order valence-corrected chi connectivity index (χ3v) is 2.55. The first-order valence-electron chi connectivity index (χ1n) is 4.77. The molecule has 0 heterocycles. The van der Waals surface area contributed by atoms with Crippen LogP contribution in [0.4, 0.5) is 0 Å². The zero-order valence-corrected chi connectivity index (χ0v) is 8.54. The lowest BCUT2D eigenvalue weighted by Gasteiger charge is -2.11. The number of hydrogen-bond donors (Lipinski definition) is 0. The molecule has 2 rings (SSSR count). The van der Waals surface area contributed by atoms with E-state index in [0.717, 1.165) is 34.8 Å². The largest absolute Gasteiger partial charge is 0.500 e. The highest BCUT2D eigenvalue weighted by atomic mass is 16.5. The van der Waals surface area contributed by atoms with Gasteiger partial charge in [0.15, 0.2) is 0 Å². The fourth-order valence-electron chi connectivity index (χ4n) is 1.87. The molecule has 0 amide bonds. The Bertz CT molecular complexity index is 446. The summed E-state index contributed by atoms with van der Waals surface area (Å²) < 4.78 is 10.7. The van der Waals surface area contributed by atoms with Crippen molar-refractivity contribution in [2.75, 3.05) is 14.2 Å². The summed E-state index contributed by atoms with van der Waals surface area (Å²) in [5.41, 5.74) is 0. The molecule has 0 aliphatic heterocycles. The minimum absolute atomic E-state index is 0.928. The summed E-state index contributed by atoms with van der Waals surface area (Å²) in [4.78, 5) is 0. The van der Waals surface area contributed by atoms with Gasteiger partial charge in [-0.2, -0.15) is 0 Å². The molecule has 0 bridgehead atoms. The molecule has 2 nitrogen and oxygen atoms in total. The van der Waals surface area contributed by atoms with E-state index in [2.05, 4.69) is 12.1 Å². The van der Waals surface area contributed by atoms with Crippen molar-refractivity contribution in [3.05, 3.63) is 28.6 Å². The lowest BCUT2D eigenvalue weighted by atomic mass is 10.1. The average Bonchev–Trinajstić information content (AvgIpc) is 2.27. The molecular formula is C12H14O2. The third-order valence-electron chi connectivity index (χ3n) is 2.55. The van der Waals surface area contributed by atoms with Crippen LogP contribution in [0.1, 0.15) is 12.8 Å². The Labute approximate surface area is 83.5 Å². The molecule has 0 fully saturated rings. The number of hydrogen-bond acceptors (Lipinski definition) is 2. The Kier molecular flexibility index (Phi) is 2.44. The molecule has 0 saturated heterocycles. The highest BCUT2D eigenvalue weighted by Gasteiger charge is 2.06. The van der Waals surface area contributed by atoms with E-state index >= 15 is 0 Å². The highest BCUT2D eigenvalue weighted by molar-refractivity contribution is 5.49. The van der Waals surface area contributed by atoms with E-state index in [9.17, 15) is 0 Å². The maximum absolute atomic E-state index is 5.36. The maximum atomic E-state index is 5.36. The summed E-state index contributed by atoms with van der Waals surface area (Å²) in [6, 6.07) is 6.05. The third kappa shape index (κ3) is 1.37. The van der Waals surface area contributed by atoms with Gasteiger partial charge in [-0.1, -0.05) is 18.2 Å². The fraction of sp³-hybridized carbons (Fsp3) is 0.333. The quantitative estimate of drug-likeness (QED) is 0.693. The summed E-state index contributed by atoms with van der Waals surface area (Å²) >= 11 is 0. The molecule has 1 aliphatic carbocycles. The van der Waals surface area contributed by atoms with Crippen LogP contribution in [0.3, 0.4) is 0 Å². The second kappa shape index (κ2) is 3.74. The van der Waals surface area contributed by atoms with Crippen molar-refractivity contribution in [2.45, 2.75) is 12.8 Å². The summed E-state index contributed by atoms with van der Waals surface area (Å²) in [5.74, 6) is 1.98. The first kappa shape index (κ1) is 9.13. The Morgan fingerprint density at radius 1 is 1.14 bits per heavy atom. The molecule has 1 aliphatic rings. The predicted molar refractivity (Wildman–Crippen MR) is 56.4 cm³/mol. The van der Waals surface area contributed by atoms with Crippen LogP contribution in [0.15, 0.2) is 18.2 Å². The van der Waals surface area contributed by atoms with E-state index in [0.29, 0.717) is 0 Å². The summed E-state index contributed by atoms with van der Waals surface area (Å²) in [7, 11) is 3.43. The Morgan fingerprint density at radius 3 is 2.71 bits per heavy atom. The summed E-state index contributed by atoms with van der Waals surface area (Å²) in [6.07, 6.45) is 4.21. The maximum Gasteiger partial charge on any atom is 0.126 e. The van der Waals surface area contributed by atoms with Gasteiger partial charge in [0.2, 0.25) is 0 Å². The lowest BCUT2D eigenvalue weighted by Crippen LogP contribution is -2.31. The molecule has 14 heavy (non-hydrogen) atoms. The first-order valence-corrected chi connectivity index (χ1v) is 4.77. The van der Waals surface area contributed by atoms with Crippen LogP contribution < -0.4 is 15.2 Å². The van der Waals surface area contributed by atoms with E-state index in [-0.39, 0.29) is 0 Å². The topological polar surface area (TPSA) is 18.5 Å².